The average Bonchev–Trinajstić information content (AvgIpc) is 2.39. The lowest BCUT2D eigenvalue weighted by molar-refractivity contribution is 0.414. The van der Waals surface area contributed by atoms with Crippen LogP contribution in [0.4, 0.5) is 5.69 Å². The number of benzene rings is 1. The fourth-order valence-corrected chi connectivity index (χ4v) is 2.04. The van der Waals surface area contributed by atoms with Crippen molar-refractivity contribution in [2.75, 3.05) is 12.4 Å². The van der Waals surface area contributed by atoms with E-state index in [1.54, 1.807) is 13.3 Å². The number of ether oxygens (including phenoxy) is 1. The highest BCUT2D eigenvalue weighted by Gasteiger charge is 2.03. The van der Waals surface area contributed by atoms with Gasteiger partial charge in [0, 0.05) is 17.2 Å². The third kappa shape index (κ3) is 3.01. The van der Waals surface area contributed by atoms with E-state index >= 15 is 0 Å². The van der Waals surface area contributed by atoms with Gasteiger partial charge in [0.2, 0.25) is 0 Å². The van der Waals surface area contributed by atoms with Crippen molar-refractivity contribution in [3.05, 3.63) is 52.3 Å². The molecule has 2 rings (SSSR count). The van der Waals surface area contributed by atoms with Gasteiger partial charge >= 0.3 is 0 Å². The highest BCUT2D eigenvalue weighted by atomic mass is 79.9. The first-order valence-corrected chi connectivity index (χ1v) is 6.47. The van der Waals surface area contributed by atoms with Crippen LogP contribution in [-0.4, -0.2) is 12.1 Å². The minimum atomic E-state index is 0.727. The molecule has 0 unspecified atom stereocenters. The van der Waals surface area contributed by atoms with E-state index in [0.717, 1.165) is 28.0 Å². The van der Waals surface area contributed by atoms with E-state index in [9.17, 15) is 0 Å². The van der Waals surface area contributed by atoms with Crippen molar-refractivity contribution < 1.29 is 4.74 Å². The fraction of sp³-hybridized carbons (Fsp3) is 0.214. The molecule has 0 aliphatic carbocycles. The molecule has 0 amide bonds. The number of hydrogen-bond donors (Lipinski definition) is 1. The molecule has 1 N–H and O–H groups in total. The molecule has 0 aliphatic heterocycles. The van der Waals surface area contributed by atoms with Gasteiger partial charge in [-0.25, -0.2) is 0 Å². The van der Waals surface area contributed by atoms with Crippen LogP contribution in [0.25, 0.3) is 0 Å². The summed E-state index contributed by atoms with van der Waals surface area (Å²) in [5, 5.41) is 3.37. The SMILES string of the molecule is COc1ccc(Br)c(CNc2cnccc2C)c1. The van der Waals surface area contributed by atoms with E-state index in [0.29, 0.717) is 0 Å². The second-order valence-electron chi connectivity index (χ2n) is 4.00. The summed E-state index contributed by atoms with van der Waals surface area (Å²) in [6, 6.07) is 7.93. The molecule has 0 spiro atoms. The zero-order valence-corrected chi connectivity index (χ0v) is 12.0. The van der Waals surface area contributed by atoms with Crippen molar-refractivity contribution in [3.8, 4) is 5.75 Å². The number of rotatable bonds is 4. The van der Waals surface area contributed by atoms with Crippen molar-refractivity contribution in [1.82, 2.24) is 4.98 Å². The summed E-state index contributed by atoms with van der Waals surface area (Å²) < 4.78 is 6.29. The van der Waals surface area contributed by atoms with Gasteiger partial charge in [-0.3, -0.25) is 4.98 Å². The minimum Gasteiger partial charge on any atom is -0.497 e. The van der Waals surface area contributed by atoms with Gasteiger partial charge < -0.3 is 10.1 Å². The lowest BCUT2D eigenvalue weighted by Gasteiger charge is -2.11. The Bertz CT molecular complexity index is 543. The third-order valence-corrected chi connectivity index (χ3v) is 3.53. The van der Waals surface area contributed by atoms with Gasteiger partial charge in [-0.2, -0.15) is 0 Å². The van der Waals surface area contributed by atoms with Crippen LogP contribution in [0, 0.1) is 6.92 Å². The number of nitrogens with one attached hydrogen (secondary N) is 1. The molecule has 0 saturated carbocycles. The van der Waals surface area contributed by atoms with Crippen LogP contribution in [0.5, 0.6) is 5.75 Å². The Labute approximate surface area is 115 Å². The molecule has 0 atom stereocenters. The Balaban J connectivity index is 2.13. The first-order chi connectivity index (χ1) is 8.70. The van der Waals surface area contributed by atoms with Crippen molar-refractivity contribution in [1.29, 1.82) is 0 Å². The predicted molar refractivity (Wildman–Crippen MR) is 77.0 cm³/mol. The molecular weight excluding hydrogens is 292 g/mol. The summed E-state index contributed by atoms with van der Waals surface area (Å²) in [4.78, 5) is 4.12. The summed E-state index contributed by atoms with van der Waals surface area (Å²) in [5.41, 5.74) is 3.38. The number of methoxy groups -OCH3 is 1. The summed E-state index contributed by atoms with van der Waals surface area (Å²) >= 11 is 3.54. The third-order valence-electron chi connectivity index (χ3n) is 2.76. The van der Waals surface area contributed by atoms with E-state index in [-0.39, 0.29) is 0 Å². The van der Waals surface area contributed by atoms with Crippen molar-refractivity contribution in [3.63, 3.8) is 0 Å². The number of aryl methyl sites for hydroxylation is 1. The molecule has 18 heavy (non-hydrogen) atoms. The molecule has 0 aliphatic rings. The summed E-state index contributed by atoms with van der Waals surface area (Å²) in [6.07, 6.45) is 3.63. The monoisotopic (exact) mass is 306 g/mol. The normalized spacial score (nSPS) is 10.2. The zero-order chi connectivity index (χ0) is 13.0. The molecule has 3 nitrogen and oxygen atoms in total. The average molecular weight is 307 g/mol. The molecule has 1 heterocycles. The smallest absolute Gasteiger partial charge is 0.119 e. The number of halogens is 1. The highest BCUT2D eigenvalue weighted by Crippen LogP contribution is 2.23. The molecule has 1 aromatic heterocycles. The van der Waals surface area contributed by atoms with Crippen molar-refractivity contribution in [2.45, 2.75) is 13.5 Å². The predicted octanol–water partition coefficient (Wildman–Crippen LogP) is 3.77. The van der Waals surface area contributed by atoms with Crippen LogP contribution in [0.2, 0.25) is 0 Å². The van der Waals surface area contributed by atoms with Crippen molar-refractivity contribution >= 4 is 21.6 Å². The van der Waals surface area contributed by atoms with Crippen LogP contribution in [0.1, 0.15) is 11.1 Å². The maximum atomic E-state index is 5.22. The van der Waals surface area contributed by atoms with E-state index in [1.807, 2.05) is 30.5 Å². The number of nitrogens with zero attached hydrogens (tertiary/aromatic N) is 1. The van der Waals surface area contributed by atoms with E-state index in [2.05, 4.69) is 33.2 Å². The molecule has 0 fully saturated rings. The molecule has 0 saturated heterocycles. The fourth-order valence-electron chi connectivity index (χ4n) is 1.65. The zero-order valence-electron chi connectivity index (χ0n) is 10.4. The number of aromatic nitrogens is 1. The standard InChI is InChI=1S/C14H15BrN2O/c1-10-5-6-16-9-14(10)17-8-11-7-12(18-2)3-4-13(11)15/h3-7,9,17H,8H2,1-2H3. The van der Waals surface area contributed by atoms with Gasteiger partial charge in [-0.1, -0.05) is 15.9 Å². The Morgan fingerprint density at radius 2 is 2.17 bits per heavy atom. The summed E-state index contributed by atoms with van der Waals surface area (Å²) in [7, 11) is 1.67. The minimum absolute atomic E-state index is 0.727. The van der Waals surface area contributed by atoms with Crippen LogP contribution < -0.4 is 10.1 Å². The Hall–Kier alpha value is -1.55. The van der Waals surface area contributed by atoms with Crippen LogP contribution >= 0.6 is 15.9 Å². The summed E-state index contributed by atoms with van der Waals surface area (Å²) in [5.74, 6) is 0.859. The largest absolute Gasteiger partial charge is 0.497 e. The first-order valence-electron chi connectivity index (χ1n) is 5.67. The lowest BCUT2D eigenvalue weighted by atomic mass is 10.2. The van der Waals surface area contributed by atoms with Gasteiger partial charge in [0.1, 0.15) is 5.75 Å². The molecule has 4 heteroatoms. The second-order valence-corrected chi connectivity index (χ2v) is 4.86. The topological polar surface area (TPSA) is 34.1 Å². The van der Waals surface area contributed by atoms with Gasteiger partial charge in [-0.05, 0) is 42.3 Å². The Kier molecular flexibility index (Phi) is 4.20. The van der Waals surface area contributed by atoms with Crippen molar-refractivity contribution in [2.24, 2.45) is 0 Å². The summed E-state index contributed by atoms with van der Waals surface area (Å²) in [6.45, 7) is 2.79. The molecule has 0 radical (unpaired) electrons. The van der Waals surface area contributed by atoms with Crippen LogP contribution in [0.3, 0.4) is 0 Å². The van der Waals surface area contributed by atoms with Gasteiger partial charge in [0.25, 0.3) is 0 Å². The Morgan fingerprint density at radius 3 is 2.89 bits per heavy atom. The maximum Gasteiger partial charge on any atom is 0.119 e. The van der Waals surface area contributed by atoms with Gasteiger partial charge in [0.15, 0.2) is 0 Å². The molecule has 2 aromatic rings. The number of anilines is 1. The Morgan fingerprint density at radius 1 is 1.33 bits per heavy atom. The highest BCUT2D eigenvalue weighted by molar-refractivity contribution is 9.10. The number of pyridine rings is 1. The van der Waals surface area contributed by atoms with Crippen LogP contribution in [-0.2, 0) is 6.54 Å². The maximum absolute atomic E-state index is 5.22. The van der Waals surface area contributed by atoms with Crippen LogP contribution in [0.15, 0.2) is 41.1 Å². The van der Waals surface area contributed by atoms with E-state index in [4.69, 9.17) is 4.74 Å². The molecular formula is C14H15BrN2O. The first kappa shape index (κ1) is 12.9. The van der Waals surface area contributed by atoms with E-state index in [1.165, 1.54) is 5.56 Å². The number of hydrogen-bond acceptors (Lipinski definition) is 3. The second kappa shape index (κ2) is 5.87. The van der Waals surface area contributed by atoms with Gasteiger partial charge in [0.05, 0.1) is 19.0 Å². The molecule has 94 valence electrons. The molecule has 0 bridgehead atoms. The lowest BCUT2D eigenvalue weighted by Crippen LogP contribution is -2.02. The quantitative estimate of drug-likeness (QED) is 0.933. The van der Waals surface area contributed by atoms with E-state index < -0.39 is 0 Å². The van der Waals surface area contributed by atoms with Gasteiger partial charge in [-0.15, -0.1) is 0 Å². The molecule has 1 aromatic carbocycles.